The highest BCUT2D eigenvalue weighted by atomic mass is 16.5. The van der Waals surface area contributed by atoms with Crippen LogP contribution in [0.4, 0.5) is 0 Å². The molecule has 0 spiro atoms. The van der Waals surface area contributed by atoms with Gasteiger partial charge in [-0.15, -0.1) is 0 Å². The van der Waals surface area contributed by atoms with Crippen molar-refractivity contribution < 1.29 is 9.53 Å². The molecule has 1 saturated carbocycles. The van der Waals surface area contributed by atoms with Crippen molar-refractivity contribution in [1.29, 1.82) is 0 Å². The molecule has 1 heterocycles. The molecule has 1 amide bonds. The van der Waals surface area contributed by atoms with Crippen LogP contribution in [-0.2, 0) is 9.53 Å². The van der Waals surface area contributed by atoms with Gasteiger partial charge in [0.05, 0.1) is 24.8 Å². The summed E-state index contributed by atoms with van der Waals surface area (Å²) in [6, 6.07) is 0.199. The van der Waals surface area contributed by atoms with Crippen LogP contribution in [0.3, 0.4) is 0 Å². The van der Waals surface area contributed by atoms with Crippen molar-refractivity contribution in [3.8, 4) is 0 Å². The highest BCUT2D eigenvalue weighted by Crippen LogP contribution is 2.26. The molecule has 1 aliphatic carbocycles. The molecule has 0 bridgehead atoms. The number of amides is 1. The average molecular weight is 198 g/mol. The lowest BCUT2D eigenvalue weighted by molar-refractivity contribution is -0.131. The van der Waals surface area contributed by atoms with Crippen LogP contribution in [0, 0.1) is 0 Å². The molecule has 0 unspecified atom stereocenters. The summed E-state index contributed by atoms with van der Waals surface area (Å²) in [4.78, 5) is 11.8. The van der Waals surface area contributed by atoms with E-state index in [1.165, 1.54) is 6.42 Å². The standard InChI is InChI=1S/C10H18N2O2/c11-10(4-2-1-3-5-10)9(13)12-8-6-14-7-8/h8H,1-7,11H2,(H,12,13). The summed E-state index contributed by atoms with van der Waals surface area (Å²) < 4.78 is 5.00. The SMILES string of the molecule is NC1(C(=O)NC2COC2)CCCCC1. The third kappa shape index (κ3) is 1.91. The lowest BCUT2D eigenvalue weighted by Gasteiger charge is -2.35. The van der Waals surface area contributed by atoms with Crippen molar-refractivity contribution >= 4 is 5.91 Å². The molecule has 4 nitrogen and oxygen atoms in total. The Labute approximate surface area is 84.2 Å². The highest BCUT2D eigenvalue weighted by Gasteiger charge is 2.37. The molecule has 0 atom stereocenters. The predicted octanol–water partition coefficient (Wildman–Crippen LogP) is 0.163. The smallest absolute Gasteiger partial charge is 0.240 e. The van der Waals surface area contributed by atoms with Crippen LogP contribution in [0.5, 0.6) is 0 Å². The maximum absolute atomic E-state index is 11.8. The molecule has 3 N–H and O–H groups in total. The second kappa shape index (κ2) is 3.87. The van der Waals surface area contributed by atoms with Gasteiger partial charge in [-0.3, -0.25) is 4.79 Å². The van der Waals surface area contributed by atoms with Crippen LogP contribution in [0.25, 0.3) is 0 Å². The molecular weight excluding hydrogens is 180 g/mol. The molecule has 2 rings (SSSR count). The van der Waals surface area contributed by atoms with Crippen LogP contribution in [0.15, 0.2) is 0 Å². The van der Waals surface area contributed by atoms with E-state index in [0.29, 0.717) is 13.2 Å². The fraction of sp³-hybridized carbons (Fsp3) is 0.900. The molecule has 1 saturated heterocycles. The van der Waals surface area contributed by atoms with Gasteiger partial charge in [-0.25, -0.2) is 0 Å². The quantitative estimate of drug-likeness (QED) is 0.664. The molecule has 2 aliphatic rings. The summed E-state index contributed by atoms with van der Waals surface area (Å²) in [6.45, 7) is 1.28. The van der Waals surface area contributed by atoms with Crippen LogP contribution in [0.2, 0.25) is 0 Å². The fourth-order valence-electron chi connectivity index (χ4n) is 2.06. The van der Waals surface area contributed by atoms with Crippen LogP contribution >= 0.6 is 0 Å². The first-order valence-corrected chi connectivity index (χ1v) is 5.38. The van der Waals surface area contributed by atoms with E-state index < -0.39 is 5.54 Å². The summed E-state index contributed by atoms with van der Waals surface area (Å²) in [6.07, 6.45) is 5.01. The number of hydrogen-bond donors (Lipinski definition) is 2. The first-order valence-electron chi connectivity index (χ1n) is 5.38. The average Bonchev–Trinajstić information content (AvgIpc) is 2.12. The molecule has 0 radical (unpaired) electrons. The summed E-state index contributed by atoms with van der Waals surface area (Å²) in [5, 5.41) is 2.94. The highest BCUT2D eigenvalue weighted by molar-refractivity contribution is 5.86. The maximum Gasteiger partial charge on any atom is 0.240 e. The minimum absolute atomic E-state index is 0.0190. The number of nitrogens with one attached hydrogen (secondary N) is 1. The lowest BCUT2D eigenvalue weighted by atomic mass is 9.81. The summed E-state index contributed by atoms with van der Waals surface area (Å²) in [7, 11) is 0. The number of hydrogen-bond acceptors (Lipinski definition) is 3. The van der Waals surface area contributed by atoms with Crippen molar-refractivity contribution in [2.24, 2.45) is 5.73 Å². The molecule has 0 aromatic carbocycles. The Hall–Kier alpha value is -0.610. The van der Waals surface area contributed by atoms with E-state index in [-0.39, 0.29) is 11.9 Å². The Morgan fingerprint density at radius 1 is 1.29 bits per heavy atom. The number of ether oxygens (including phenoxy) is 1. The second-order valence-electron chi connectivity index (χ2n) is 4.42. The molecule has 4 heteroatoms. The van der Waals surface area contributed by atoms with Crippen molar-refractivity contribution in [2.45, 2.75) is 43.7 Å². The van der Waals surface area contributed by atoms with E-state index in [0.717, 1.165) is 25.7 Å². The van der Waals surface area contributed by atoms with E-state index in [2.05, 4.69) is 5.32 Å². The normalized spacial score (nSPS) is 26.6. The third-order valence-corrected chi connectivity index (χ3v) is 3.17. The Bertz CT molecular complexity index is 220. The zero-order chi connectivity index (χ0) is 10.0. The Morgan fingerprint density at radius 2 is 1.93 bits per heavy atom. The lowest BCUT2D eigenvalue weighted by Crippen LogP contribution is -2.60. The zero-order valence-electron chi connectivity index (χ0n) is 8.42. The Morgan fingerprint density at radius 3 is 2.43 bits per heavy atom. The fourth-order valence-corrected chi connectivity index (χ4v) is 2.06. The molecule has 0 aromatic heterocycles. The first kappa shape index (κ1) is 9.93. The van der Waals surface area contributed by atoms with E-state index in [1.54, 1.807) is 0 Å². The zero-order valence-corrected chi connectivity index (χ0v) is 8.42. The number of carbonyl (C=O) groups excluding carboxylic acids is 1. The van der Waals surface area contributed by atoms with Crippen molar-refractivity contribution in [1.82, 2.24) is 5.32 Å². The Balaban J connectivity index is 1.87. The maximum atomic E-state index is 11.8. The van der Waals surface area contributed by atoms with Gasteiger partial charge in [-0.2, -0.15) is 0 Å². The molecule has 80 valence electrons. The molecule has 0 aromatic rings. The van der Waals surface area contributed by atoms with E-state index in [1.807, 2.05) is 0 Å². The summed E-state index contributed by atoms with van der Waals surface area (Å²) in [5.74, 6) is 0.0190. The Kier molecular flexibility index (Phi) is 2.74. The van der Waals surface area contributed by atoms with Gasteiger partial charge < -0.3 is 15.8 Å². The van der Waals surface area contributed by atoms with E-state index in [9.17, 15) is 4.79 Å². The summed E-state index contributed by atoms with van der Waals surface area (Å²) in [5.41, 5.74) is 5.47. The number of carbonyl (C=O) groups is 1. The van der Waals surface area contributed by atoms with Gasteiger partial charge in [0, 0.05) is 0 Å². The van der Waals surface area contributed by atoms with Gasteiger partial charge in [0.15, 0.2) is 0 Å². The topological polar surface area (TPSA) is 64.4 Å². The minimum Gasteiger partial charge on any atom is -0.377 e. The number of rotatable bonds is 2. The minimum atomic E-state index is -0.603. The molecule has 14 heavy (non-hydrogen) atoms. The number of nitrogens with two attached hydrogens (primary N) is 1. The van der Waals surface area contributed by atoms with Gasteiger partial charge in [0.1, 0.15) is 0 Å². The molecular formula is C10H18N2O2. The van der Waals surface area contributed by atoms with Gasteiger partial charge in [0.25, 0.3) is 0 Å². The van der Waals surface area contributed by atoms with E-state index in [4.69, 9.17) is 10.5 Å². The van der Waals surface area contributed by atoms with Crippen LogP contribution in [0.1, 0.15) is 32.1 Å². The first-order chi connectivity index (χ1) is 6.71. The van der Waals surface area contributed by atoms with Gasteiger partial charge >= 0.3 is 0 Å². The van der Waals surface area contributed by atoms with Gasteiger partial charge in [0.2, 0.25) is 5.91 Å². The van der Waals surface area contributed by atoms with Crippen LogP contribution in [-0.4, -0.2) is 30.7 Å². The summed E-state index contributed by atoms with van der Waals surface area (Å²) >= 11 is 0. The van der Waals surface area contributed by atoms with Crippen molar-refractivity contribution in [3.05, 3.63) is 0 Å². The monoisotopic (exact) mass is 198 g/mol. The van der Waals surface area contributed by atoms with Gasteiger partial charge in [-0.05, 0) is 12.8 Å². The molecule has 1 aliphatic heterocycles. The van der Waals surface area contributed by atoms with Crippen LogP contribution < -0.4 is 11.1 Å². The second-order valence-corrected chi connectivity index (χ2v) is 4.42. The largest absolute Gasteiger partial charge is 0.377 e. The van der Waals surface area contributed by atoms with E-state index >= 15 is 0 Å². The van der Waals surface area contributed by atoms with Gasteiger partial charge in [-0.1, -0.05) is 19.3 Å². The predicted molar refractivity (Wildman–Crippen MR) is 52.8 cm³/mol. The van der Waals surface area contributed by atoms with Crippen molar-refractivity contribution in [2.75, 3.05) is 13.2 Å². The molecule has 2 fully saturated rings. The van der Waals surface area contributed by atoms with Crippen molar-refractivity contribution in [3.63, 3.8) is 0 Å². The third-order valence-electron chi connectivity index (χ3n) is 3.17.